The first-order valence-corrected chi connectivity index (χ1v) is 6.90. The predicted octanol–water partition coefficient (Wildman–Crippen LogP) is 2.71. The van der Waals surface area contributed by atoms with Crippen molar-refractivity contribution in [3.8, 4) is 0 Å². The van der Waals surface area contributed by atoms with Crippen LogP contribution in [0.4, 0.5) is 0 Å². The molecule has 1 fully saturated rings. The lowest BCUT2D eigenvalue weighted by Gasteiger charge is -2.17. The Balaban J connectivity index is 2.08. The molecule has 0 bridgehead atoms. The van der Waals surface area contributed by atoms with E-state index in [2.05, 4.69) is 9.36 Å². The average Bonchev–Trinajstić information content (AvgIpc) is 2.54. The largest absolute Gasteiger partial charge is 0.207 e. The summed E-state index contributed by atoms with van der Waals surface area (Å²) >= 11 is 10.9. The smallest absolute Gasteiger partial charge is 0.203 e. The van der Waals surface area contributed by atoms with E-state index in [1.54, 1.807) is 0 Å². The summed E-state index contributed by atoms with van der Waals surface area (Å²) in [7, 11) is 0. The van der Waals surface area contributed by atoms with Crippen LogP contribution in [0.25, 0.3) is 0 Å². The van der Waals surface area contributed by atoms with Gasteiger partial charge in [-0.05, 0) is 23.1 Å². The van der Waals surface area contributed by atoms with E-state index >= 15 is 0 Å². The van der Waals surface area contributed by atoms with Gasteiger partial charge in [-0.1, -0.05) is 0 Å². The van der Waals surface area contributed by atoms with Crippen molar-refractivity contribution in [3.05, 3.63) is 10.3 Å². The summed E-state index contributed by atoms with van der Waals surface area (Å²) in [6.45, 7) is 0. The summed E-state index contributed by atoms with van der Waals surface area (Å²) in [4.78, 5) is 4.17. The maximum atomic E-state index is 5.71. The Morgan fingerprint density at radius 2 is 2.33 bits per heavy atom. The van der Waals surface area contributed by atoms with Crippen LogP contribution in [0.2, 0.25) is 4.47 Å². The van der Waals surface area contributed by atoms with Crippen molar-refractivity contribution in [2.45, 2.75) is 5.25 Å². The molecule has 0 N–H and O–H groups in total. The Kier molecular flexibility index (Phi) is 3.17. The van der Waals surface area contributed by atoms with Gasteiger partial charge in [-0.3, -0.25) is 0 Å². The van der Waals surface area contributed by atoms with Crippen LogP contribution in [-0.2, 0) is 0 Å². The SMILES string of the molecule is Clc1nc(C2CSCCS2)ns1. The van der Waals surface area contributed by atoms with Crippen LogP contribution in [0.1, 0.15) is 11.1 Å². The van der Waals surface area contributed by atoms with Crippen molar-refractivity contribution in [1.29, 1.82) is 0 Å². The van der Waals surface area contributed by atoms with Gasteiger partial charge in [-0.25, -0.2) is 4.98 Å². The van der Waals surface area contributed by atoms with Gasteiger partial charge >= 0.3 is 0 Å². The molecule has 2 rings (SSSR count). The normalized spacial score (nSPS) is 24.2. The van der Waals surface area contributed by atoms with E-state index in [1.807, 2.05) is 23.5 Å². The third-order valence-corrected chi connectivity index (χ3v) is 5.08. The van der Waals surface area contributed by atoms with Crippen LogP contribution in [0.15, 0.2) is 0 Å². The van der Waals surface area contributed by atoms with E-state index in [1.165, 1.54) is 23.0 Å². The standard InChI is InChI=1S/C6H7ClN2S3/c7-6-8-5(9-12-6)4-3-10-1-2-11-4/h4H,1-3H2. The van der Waals surface area contributed by atoms with Gasteiger partial charge in [-0.15, -0.1) is 11.8 Å². The van der Waals surface area contributed by atoms with Gasteiger partial charge in [0, 0.05) is 17.3 Å². The van der Waals surface area contributed by atoms with Crippen LogP contribution in [-0.4, -0.2) is 26.6 Å². The van der Waals surface area contributed by atoms with Crippen molar-refractivity contribution in [2.75, 3.05) is 17.3 Å². The molecule has 0 saturated carbocycles. The number of hydrogen-bond acceptors (Lipinski definition) is 5. The number of halogens is 1. The van der Waals surface area contributed by atoms with Crippen LogP contribution < -0.4 is 0 Å². The maximum Gasteiger partial charge on any atom is 0.203 e. The lowest BCUT2D eigenvalue weighted by atomic mass is 10.4. The molecule has 1 aromatic rings. The number of hydrogen-bond donors (Lipinski definition) is 0. The summed E-state index contributed by atoms with van der Waals surface area (Å²) in [6.07, 6.45) is 0. The molecule has 12 heavy (non-hydrogen) atoms. The molecule has 0 spiro atoms. The van der Waals surface area contributed by atoms with Gasteiger partial charge in [0.15, 0.2) is 5.82 Å². The molecule has 0 aromatic carbocycles. The Labute approximate surface area is 88.7 Å². The Bertz CT molecular complexity index is 259. The Morgan fingerprint density at radius 3 is 2.92 bits per heavy atom. The molecule has 2 nitrogen and oxygen atoms in total. The fourth-order valence-corrected chi connectivity index (χ4v) is 4.31. The zero-order chi connectivity index (χ0) is 8.39. The second-order valence-corrected chi connectivity index (χ2v) is 6.13. The second kappa shape index (κ2) is 4.17. The van der Waals surface area contributed by atoms with Crippen LogP contribution in [0.3, 0.4) is 0 Å². The summed E-state index contributed by atoms with van der Waals surface area (Å²) < 4.78 is 4.76. The second-order valence-electron chi connectivity index (χ2n) is 2.34. The molecule has 1 atom stereocenters. The van der Waals surface area contributed by atoms with E-state index in [-0.39, 0.29) is 0 Å². The number of nitrogens with zero attached hydrogens (tertiary/aromatic N) is 2. The topological polar surface area (TPSA) is 25.8 Å². The third kappa shape index (κ3) is 2.07. The average molecular weight is 239 g/mol. The van der Waals surface area contributed by atoms with Crippen LogP contribution >= 0.6 is 46.7 Å². The quantitative estimate of drug-likeness (QED) is 0.752. The summed E-state index contributed by atoms with van der Waals surface area (Å²) in [5.74, 6) is 4.49. The van der Waals surface area contributed by atoms with E-state index in [9.17, 15) is 0 Å². The summed E-state index contributed by atoms with van der Waals surface area (Å²) in [6, 6.07) is 0. The highest BCUT2D eigenvalue weighted by Gasteiger charge is 2.20. The van der Waals surface area contributed by atoms with Crippen molar-refractivity contribution < 1.29 is 0 Å². The number of thioether (sulfide) groups is 2. The number of aromatic nitrogens is 2. The van der Waals surface area contributed by atoms with Crippen LogP contribution in [0.5, 0.6) is 0 Å². The van der Waals surface area contributed by atoms with Crippen molar-refractivity contribution in [1.82, 2.24) is 9.36 Å². The molecule has 66 valence electrons. The monoisotopic (exact) mass is 238 g/mol. The first-order chi connectivity index (χ1) is 5.86. The fourth-order valence-electron chi connectivity index (χ4n) is 0.983. The molecular weight excluding hydrogens is 232 g/mol. The Hall–Kier alpha value is 0.550. The Morgan fingerprint density at radius 1 is 1.42 bits per heavy atom. The van der Waals surface area contributed by atoms with Crippen LogP contribution in [0, 0.1) is 0 Å². The molecule has 1 aromatic heterocycles. The molecule has 0 radical (unpaired) electrons. The fraction of sp³-hybridized carbons (Fsp3) is 0.667. The van der Waals surface area contributed by atoms with Gasteiger partial charge in [0.25, 0.3) is 0 Å². The zero-order valence-electron chi connectivity index (χ0n) is 6.20. The van der Waals surface area contributed by atoms with Crippen molar-refractivity contribution >= 4 is 46.7 Å². The highest BCUT2D eigenvalue weighted by atomic mass is 35.5. The molecule has 0 amide bonds. The van der Waals surface area contributed by atoms with Gasteiger partial charge in [-0.2, -0.15) is 16.1 Å². The molecule has 1 unspecified atom stereocenters. The molecule has 6 heteroatoms. The lowest BCUT2D eigenvalue weighted by molar-refractivity contribution is 0.977. The maximum absolute atomic E-state index is 5.71. The first kappa shape index (κ1) is 9.12. The van der Waals surface area contributed by atoms with E-state index in [4.69, 9.17) is 11.6 Å². The number of rotatable bonds is 1. The molecule has 0 aliphatic carbocycles. The van der Waals surface area contributed by atoms with Gasteiger partial charge in [0.2, 0.25) is 4.47 Å². The summed E-state index contributed by atoms with van der Waals surface area (Å²) in [5, 5.41) is 0.465. The molecule has 1 aliphatic rings. The first-order valence-electron chi connectivity index (χ1n) is 3.55. The van der Waals surface area contributed by atoms with Gasteiger partial charge in [0.05, 0.1) is 5.25 Å². The molecular formula is C6H7ClN2S3. The zero-order valence-corrected chi connectivity index (χ0v) is 9.40. The minimum Gasteiger partial charge on any atom is -0.207 e. The van der Waals surface area contributed by atoms with Crippen molar-refractivity contribution in [3.63, 3.8) is 0 Å². The highest BCUT2D eigenvalue weighted by molar-refractivity contribution is 8.06. The third-order valence-electron chi connectivity index (χ3n) is 1.52. The minimum atomic E-state index is 0.465. The highest BCUT2D eigenvalue weighted by Crippen LogP contribution is 2.35. The lowest BCUT2D eigenvalue weighted by Crippen LogP contribution is -2.07. The minimum absolute atomic E-state index is 0.465. The van der Waals surface area contributed by atoms with Gasteiger partial charge < -0.3 is 0 Å². The predicted molar refractivity (Wildman–Crippen MR) is 57.4 cm³/mol. The van der Waals surface area contributed by atoms with Gasteiger partial charge in [0.1, 0.15) is 0 Å². The van der Waals surface area contributed by atoms with E-state index in [0.29, 0.717) is 9.72 Å². The van der Waals surface area contributed by atoms with Crippen molar-refractivity contribution in [2.24, 2.45) is 0 Å². The van der Waals surface area contributed by atoms with E-state index < -0.39 is 0 Å². The summed E-state index contributed by atoms with van der Waals surface area (Å²) in [5.41, 5.74) is 0. The molecule has 1 aliphatic heterocycles. The van der Waals surface area contributed by atoms with E-state index in [0.717, 1.165) is 11.6 Å². The molecule has 1 saturated heterocycles. The molecule has 2 heterocycles.